The number of hydrazone groups is 1. The minimum Gasteiger partial charge on any atom is -0.490 e. The van der Waals surface area contributed by atoms with Gasteiger partial charge in [-0.15, -0.1) is 0 Å². The number of fused-ring (bicyclic) bond motifs is 1. The quantitative estimate of drug-likeness (QED) is 0.395. The van der Waals surface area contributed by atoms with Crippen LogP contribution in [0.5, 0.6) is 5.75 Å². The van der Waals surface area contributed by atoms with Gasteiger partial charge in [0.1, 0.15) is 11.5 Å². The lowest BCUT2D eigenvalue weighted by Gasteiger charge is -2.03. The van der Waals surface area contributed by atoms with Crippen molar-refractivity contribution in [3.8, 4) is 5.75 Å². The predicted octanol–water partition coefficient (Wildman–Crippen LogP) is 2.58. The van der Waals surface area contributed by atoms with Crippen LogP contribution in [0.4, 0.5) is 0 Å². The molecular weight excluding hydrogens is 350 g/mol. The van der Waals surface area contributed by atoms with E-state index in [2.05, 4.69) is 15.8 Å². The fraction of sp³-hybridized carbons (Fsp3) is 0.211. The second kappa shape index (κ2) is 8.22. The summed E-state index contributed by atoms with van der Waals surface area (Å²) in [6.07, 6.45) is 1.49. The molecule has 0 aliphatic heterocycles. The first-order chi connectivity index (χ1) is 13.1. The molecule has 0 atom stereocenters. The molecule has 0 unspecified atom stereocenters. The maximum Gasteiger partial charge on any atom is 0.329 e. The number of nitrogens with zero attached hydrogens (tertiary/aromatic N) is 1. The Kier molecular flexibility index (Phi) is 5.55. The Morgan fingerprint density at radius 3 is 2.78 bits per heavy atom. The number of hydrogen-bond acceptors (Lipinski definition) is 6. The number of rotatable bonds is 6. The van der Waals surface area contributed by atoms with E-state index in [0.29, 0.717) is 35.2 Å². The maximum absolute atomic E-state index is 11.8. The van der Waals surface area contributed by atoms with Crippen LogP contribution in [0.1, 0.15) is 25.4 Å². The highest BCUT2D eigenvalue weighted by molar-refractivity contribution is 6.35. The normalized spacial score (nSPS) is 11.4. The Balaban J connectivity index is 1.64. The van der Waals surface area contributed by atoms with Crippen LogP contribution in [-0.2, 0) is 16.1 Å². The Hall–Kier alpha value is -3.55. The van der Waals surface area contributed by atoms with Crippen LogP contribution in [0.25, 0.3) is 11.0 Å². The van der Waals surface area contributed by atoms with Gasteiger partial charge in [-0.3, -0.25) is 9.59 Å². The van der Waals surface area contributed by atoms with Crippen LogP contribution in [0.15, 0.2) is 56.6 Å². The fourth-order valence-corrected chi connectivity index (χ4v) is 2.39. The number of nitrogens with one attached hydrogen (secondary N) is 2. The SMILES string of the molecule is CCOc1cccc2cc(/C(C)=N\NC(=O)C(=O)NCc3ccco3)oc12. The van der Waals surface area contributed by atoms with Crippen molar-refractivity contribution < 1.29 is 23.2 Å². The molecule has 3 rings (SSSR count). The summed E-state index contributed by atoms with van der Waals surface area (Å²) in [4.78, 5) is 23.6. The van der Waals surface area contributed by atoms with Gasteiger partial charge in [-0.25, -0.2) is 5.43 Å². The predicted molar refractivity (Wildman–Crippen MR) is 98.3 cm³/mol. The van der Waals surface area contributed by atoms with Crippen molar-refractivity contribution in [2.24, 2.45) is 5.10 Å². The van der Waals surface area contributed by atoms with Crippen LogP contribution in [0.3, 0.4) is 0 Å². The Morgan fingerprint density at radius 1 is 1.19 bits per heavy atom. The molecule has 140 valence electrons. The van der Waals surface area contributed by atoms with Crippen molar-refractivity contribution >= 4 is 28.5 Å². The maximum atomic E-state index is 11.8. The van der Waals surface area contributed by atoms with Crippen LogP contribution >= 0.6 is 0 Å². The van der Waals surface area contributed by atoms with Crippen molar-refractivity contribution in [2.45, 2.75) is 20.4 Å². The lowest BCUT2D eigenvalue weighted by molar-refractivity contribution is -0.139. The van der Waals surface area contributed by atoms with Crippen molar-refractivity contribution in [2.75, 3.05) is 6.61 Å². The molecule has 0 bridgehead atoms. The molecule has 0 aliphatic carbocycles. The van der Waals surface area contributed by atoms with Crippen molar-refractivity contribution in [1.82, 2.24) is 10.7 Å². The van der Waals surface area contributed by atoms with Crippen LogP contribution < -0.4 is 15.5 Å². The number of carbonyl (C=O) groups excluding carboxylic acids is 2. The topological polar surface area (TPSA) is 106 Å². The molecule has 0 saturated carbocycles. The van der Waals surface area contributed by atoms with Crippen molar-refractivity contribution in [3.05, 3.63) is 54.2 Å². The van der Waals surface area contributed by atoms with Gasteiger partial charge in [-0.1, -0.05) is 12.1 Å². The largest absolute Gasteiger partial charge is 0.490 e. The van der Waals surface area contributed by atoms with Crippen molar-refractivity contribution in [1.29, 1.82) is 0 Å². The lowest BCUT2D eigenvalue weighted by atomic mass is 10.2. The number of ether oxygens (including phenoxy) is 1. The van der Waals surface area contributed by atoms with Gasteiger partial charge in [0.05, 0.1) is 19.4 Å². The minimum absolute atomic E-state index is 0.117. The first kappa shape index (κ1) is 18.2. The monoisotopic (exact) mass is 369 g/mol. The van der Waals surface area contributed by atoms with E-state index in [-0.39, 0.29) is 6.54 Å². The number of carbonyl (C=O) groups is 2. The standard InChI is InChI=1S/C19H19N3O5/c1-3-25-15-8-4-6-13-10-16(27-17(13)15)12(2)21-22-19(24)18(23)20-11-14-7-5-9-26-14/h4-10H,3,11H2,1-2H3,(H,20,23)(H,22,24)/b21-12-. The zero-order valence-electron chi connectivity index (χ0n) is 14.9. The molecule has 0 aliphatic rings. The van der Waals surface area contributed by atoms with E-state index in [1.807, 2.05) is 25.1 Å². The zero-order valence-corrected chi connectivity index (χ0v) is 14.9. The molecule has 0 spiro atoms. The Morgan fingerprint density at radius 2 is 2.04 bits per heavy atom. The second-order valence-electron chi connectivity index (χ2n) is 5.62. The number of para-hydroxylation sites is 1. The second-order valence-corrected chi connectivity index (χ2v) is 5.62. The van der Waals surface area contributed by atoms with Crippen LogP contribution in [0, 0.1) is 0 Å². The summed E-state index contributed by atoms with van der Waals surface area (Å²) in [6.45, 7) is 4.19. The molecule has 2 N–H and O–H groups in total. The molecular formula is C19H19N3O5. The fourth-order valence-electron chi connectivity index (χ4n) is 2.39. The van der Waals surface area contributed by atoms with E-state index in [4.69, 9.17) is 13.6 Å². The molecule has 2 amide bonds. The summed E-state index contributed by atoms with van der Waals surface area (Å²) in [5.41, 5.74) is 3.23. The number of furan rings is 2. The van der Waals surface area contributed by atoms with Gasteiger partial charge < -0.3 is 18.9 Å². The Bertz CT molecular complexity index is 973. The molecule has 2 aromatic heterocycles. The number of amides is 2. The van der Waals surface area contributed by atoms with Crippen LogP contribution in [0.2, 0.25) is 0 Å². The zero-order chi connectivity index (χ0) is 19.2. The van der Waals surface area contributed by atoms with E-state index >= 15 is 0 Å². The van der Waals surface area contributed by atoms with Gasteiger partial charge in [0.25, 0.3) is 0 Å². The minimum atomic E-state index is -0.882. The van der Waals surface area contributed by atoms with Crippen molar-refractivity contribution in [3.63, 3.8) is 0 Å². The third kappa shape index (κ3) is 4.35. The molecule has 2 heterocycles. The average Bonchev–Trinajstić information content (AvgIpc) is 3.34. The smallest absolute Gasteiger partial charge is 0.329 e. The highest BCUT2D eigenvalue weighted by Gasteiger charge is 2.15. The summed E-state index contributed by atoms with van der Waals surface area (Å²) in [5, 5.41) is 7.22. The van der Waals surface area contributed by atoms with E-state index in [9.17, 15) is 9.59 Å². The van der Waals surface area contributed by atoms with Gasteiger partial charge in [0, 0.05) is 5.39 Å². The van der Waals surface area contributed by atoms with Gasteiger partial charge in [0.15, 0.2) is 17.1 Å². The number of hydrogen-bond donors (Lipinski definition) is 2. The summed E-state index contributed by atoms with van der Waals surface area (Å²) in [5.74, 6) is -0.0507. The van der Waals surface area contributed by atoms with E-state index < -0.39 is 11.8 Å². The third-order valence-corrected chi connectivity index (χ3v) is 3.70. The van der Waals surface area contributed by atoms with E-state index in [1.165, 1.54) is 6.26 Å². The average molecular weight is 369 g/mol. The summed E-state index contributed by atoms with van der Waals surface area (Å²) in [6, 6.07) is 10.7. The first-order valence-corrected chi connectivity index (χ1v) is 8.39. The van der Waals surface area contributed by atoms with Gasteiger partial charge in [-0.05, 0) is 38.1 Å². The van der Waals surface area contributed by atoms with E-state index in [1.54, 1.807) is 25.1 Å². The highest BCUT2D eigenvalue weighted by atomic mass is 16.5. The first-order valence-electron chi connectivity index (χ1n) is 8.39. The molecule has 8 nitrogen and oxygen atoms in total. The summed E-state index contributed by atoms with van der Waals surface area (Å²) in [7, 11) is 0. The van der Waals surface area contributed by atoms with Gasteiger partial charge in [-0.2, -0.15) is 5.10 Å². The van der Waals surface area contributed by atoms with E-state index in [0.717, 1.165) is 5.39 Å². The molecule has 27 heavy (non-hydrogen) atoms. The summed E-state index contributed by atoms with van der Waals surface area (Å²) >= 11 is 0. The summed E-state index contributed by atoms with van der Waals surface area (Å²) < 4.78 is 16.4. The molecule has 3 aromatic rings. The molecule has 0 saturated heterocycles. The third-order valence-electron chi connectivity index (χ3n) is 3.70. The molecule has 0 fully saturated rings. The van der Waals surface area contributed by atoms with Gasteiger partial charge in [0.2, 0.25) is 0 Å². The molecule has 8 heteroatoms. The number of benzene rings is 1. The molecule has 0 radical (unpaired) electrons. The van der Waals surface area contributed by atoms with Gasteiger partial charge >= 0.3 is 11.8 Å². The lowest BCUT2D eigenvalue weighted by Crippen LogP contribution is -2.37. The van der Waals surface area contributed by atoms with Crippen LogP contribution in [-0.4, -0.2) is 24.1 Å². The Labute approximate surface area is 155 Å². The molecule has 1 aromatic carbocycles. The highest BCUT2D eigenvalue weighted by Crippen LogP contribution is 2.29.